The maximum Gasteiger partial charge on any atom is 0.103 e. The molecule has 0 spiro atoms. The molecule has 2 nitrogen and oxygen atoms in total. The van der Waals surface area contributed by atoms with Crippen molar-refractivity contribution in [1.82, 2.24) is 5.32 Å². The molecule has 102 valence electrons. The molecule has 1 aromatic rings. The van der Waals surface area contributed by atoms with Crippen LogP contribution in [0.15, 0.2) is 22.8 Å². The maximum absolute atomic E-state index is 5.38. The molecule has 0 bridgehead atoms. The number of rotatable bonds is 7. The van der Waals surface area contributed by atoms with E-state index in [0.717, 1.165) is 18.6 Å². The van der Waals surface area contributed by atoms with Crippen molar-refractivity contribution in [3.05, 3.63) is 24.2 Å². The van der Waals surface area contributed by atoms with Crippen molar-refractivity contribution in [2.75, 3.05) is 6.54 Å². The van der Waals surface area contributed by atoms with Gasteiger partial charge in [0.25, 0.3) is 0 Å². The Bertz CT molecular complexity index is 325. The zero-order chi connectivity index (χ0) is 12.8. The number of aryl methyl sites for hydroxylation is 1. The number of nitrogens with one attached hydrogen (secondary N) is 1. The lowest BCUT2D eigenvalue weighted by Gasteiger charge is -2.29. The van der Waals surface area contributed by atoms with E-state index in [1.165, 1.54) is 38.6 Å². The molecule has 1 aliphatic carbocycles. The Balaban J connectivity index is 1.69. The molecule has 0 aliphatic heterocycles. The van der Waals surface area contributed by atoms with Crippen molar-refractivity contribution in [3.8, 4) is 0 Å². The fourth-order valence-corrected chi connectivity index (χ4v) is 3.09. The van der Waals surface area contributed by atoms with E-state index >= 15 is 0 Å². The first-order chi connectivity index (χ1) is 8.74. The van der Waals surface area contributed by atoms with Crippen LogP contribution < -0.4 is 5.32 Å². The minimum absolute atomic E-state index is 0.583. The van der Waals surface area contributed by atoms with Crippen LogP contribution in [-0.2, 0) is 6.42 Å². The average molecular weight is 249 g/mol. The SMILES string of the molecule is CCC1(CNC(C)CCc2ccco2)CCCC1. The van der Waals surface area contributed by atoms with Crippen molar-refractivity contribution in [3.63, 3.8) is 0 Å². The molecule has 2 rings (SSSR count). The van der Waals surface area contributed by atoms with Crippen molar-refractivity contribution in [2.45, 2.75) is 64.8 Å². The first kappa shape index (κ1) is 13.7. The second kappa shape index (κ2) is 6.42. The molecule has 1 aliphatic rings. The maximum atomic E-state index is 5.38. The summed E-state index contributed by atoms with van der Waals surface area (Å²) in [6, 6.07) is 4.62. The van der Waals surface area contributed by atoms with Gasteiger partial charge in [-0.3, -0.25) is 0 Å². The van der Waals surface area contributed by atoms with Crippen molar-refractivity contribution >= 4 is 0 Å². The first-order valence-electron chi connectivity index (χ1n) is 7.50. The Morgan fingerprint density at radius 3 is 2.78 bits per heavy atom. The highest BCUT2D eigenvalue weighted by atomic mass is 16.3. The van der Waals surface area contributed by atoms with Gasteiger partial charge in [0.1, 0.15) is 5.76 Å². The third-order valence-electron chi connectivity index (χ3n) is 4.64. The second-order valence-electron chi connectivity index (χ2n) is 5.96. The van der Waals surface area contributed by atoms with Gasteiger partial charge in [0.2, 0.25) is 0 Å². The average Bonchev–Trinajstić information content (AvgIpc) is 3.06. The highest BCUT2D eigenvalue weighted by Crippen LogP contribution is 2.40. The summed E-state index contributed by atoms with van der Waals surface area (Å²) in [5, 5.41) is 3.74. The lowest BCUT2D eigenvalue weighted by molar-refractivity contribution is 0.255. The molecule has 0 amide bonds. The normalized spacial score (nSPS) is 20.1. The Morgan fingerprint density at radius 1 is 1.39 bits per heavy atom. The van der Waals surface area contributed by atoms with Crippen LogP contribution in [-0.4, -0.2) is 12.6 Å². The van der Waals surface area contributed by atoms with E-state index in [-0.39, 0.29) is 0 Å². The van der Waals surface area contributed by atoms with Crippen LogP contribution in [0.4, 0.5) is 0 Å². The Hall–Kier alpha value is -0.760. The predicted octanol–water partition coefficient (Wildman–Crippen LogP) is 4.16. The van der Waals surface area contributed by atoms with Gasteiger partial charge in [-0.1, -0.05) is 19.8 Å². The smallest absolute Gasteiger partial charge is 0.103 e. The van der Waals surface area contributed by atoms with Gasteiger partial charge in [-0.15, -0.1) is 0 Å². The molecule has 18 heavy (non-hydrogen) atoms. The van der Waals surface area contributed by atoms with Gasteiger partial charge in [-0.25, -0.2) is 0 Å². The molecule has 1 aromatic heterocycles. The Kier molecular flexibility index (Phi) is 4.87. The van der Waals surface area contributed by atoms with Crippen LogP contribution in [0.3, 0.4) is 0 Å². The summed E-state index contributed by atoms with van der Waals surface area (Å²) in [6.45, 7) is 5.84. The number of hydrogen-bond acceptors (Lipinski definition) is 2. The molecule has 2 heteroatoms. The molecule has 1 atom stereocenters. The third-order valence-corrected chi connectivity index (χ3v) is 4.64. The van der Waals surface area contributed by atoms with Gasteiger partial charge in [0.15, 0.2) is 0 Å². The van der Waals surface area contributed by atoms with Crippen molar-refractivity contribution in [2.24, 2.45) is 5.41 Å². The molecule has 1 unspecified atom stereocenters. The van der Waals surface area contributed by atoms with E-state index in [0.29, 0.717) is 11.5 Å². The quantitative estimate of drug-likeness (QED) is 0.785. The zero-order valence-electron chi connectivity index (χ0n) is 11.9. The molecule has 0 saturated heterocycles. The van der Waals surface area contributed by atoms with Gasteiger partial charge in [-0.2, -0.15) is 0 Å². The summed E-state index contributed by atoms with van der Waals surface area (Å²) in [5.41, 5.74) is 0.596. The van der Waals surface area contributed by atoms with E-state index in [1.807, 2.05) is 6.07 Å². The first-order valence-corrected chi connectivity index (χ1v) is 7.50. The monoisotopic (exact) mass is 249 g/mol. The largest absolute Gasteiger partial charge is 0.469 e. The van der Waals surface area contributed by atoms with Gasteiger partial charge >= 0.3 is 0 Å². The van der Waals surface area contributed by atoms with E-state index in [1.54, 1.807) is 6.26 Å². The fraction of sp³-hybridized carbons (Fsp3) is 0.750. The molecule has 1 N–H and O–H groups in total. The Morgan fingerprint density at radius 2 is 2.17 bits per heavy atom. The lowest BCUT2D eigenvalue weighted by Crippen LogP contribution is -2.37. The standard InChI is InChI=1S/C16H27NO/c1-3-16(10-4-5-11-16)13-17-14(2)8-9-15-7-6-12-18-15/h6-7,12,14,17H,3-5,8-11,13H2,1-2H3. The molecular formula is C16H27NO. The molecule has 1 heterocycles. The van der Waals surface area contributed by atoms with Crippen molar-refractivity contribution < 1.29 is 4.42 Å². The zero-order valence-corrected chi connectivity index (χ0v) is 11.9. The molecule has 1 fully saturated rings. The molecular weight excluding hydrogens is 222 g/mol. The predicted molar refractivity (Wildman–Crippen MR) is 75.7 cm³/mol. The Labute approximate surface area is 111 Å². The minimum Gasteiger partial charge on any atom is -0.469 e. The molecule has 1 saturated carbocycles. The second-order valence-corrected chi connectivity index (χ2v) is 5.96. The van der Waals surface area contributed by atoms with Crippen LogP contribution in [0.2, 0.25) is 0 Å². The van der Waals surface area contributed by atoms with Crippen LogP contribution >= 0.6 is 0 Å². The topological polar surface area (TPSA) is 25.2 Å². The third kappa shape index (κ3) is 3.61. The fourth-order valence-electron chi connectivity index (χ4n) is 3.09. The van der Waals surface area contributed by atoms with Gasteiger partial charge in [-0.05, 0) is 50.2 Å². The van der Waals surface area contributed by atoms with E-state index in [2.05, 4.69) is 25.2 Å². The van der Waals surface area contributed by atoms with Crippen LogP contribution in [0.5, 0.6) is 0 Å². The summed E-state index contributed by atoms with van der Waals surface area (Å²) in [6.07, 6.45) is 11.0. The highest BCUT2D eigenvalue weighted by Gasteiger charge is 2.31. The van der Waals surface area contributed by atoms with E-state index in [9.17, 15) is 0 Å². The van der Waals surface area contributed by atoms with E-state index < -0.39 is 0 Å². The van der Waals surface area contributed by atoms with Crippen LogP contribution in [0.25, 0.3) is 0 Å². The van der Waals surface area contributed by atoms with Crippen LogP contribution in [0, 0.1) is 5.41 Å². The lowest BCUT2D eigenvalue weighted by atomic mass is 9.83. The summed E-state index contributed by atoms with van der Waals surface area (Å²) >= 11 is 0. The summed E-state index contributed by atoms with van der Waals surface area (Å²) in [7, 11) is 0. The van der Waals surface area contributed by atoms with Gasteiger partial charge < -0.3 is 9.73 Å². The van der Waals surface area contributed by atoms with Gasteiger partial charge in [0, 0.05) is 19.0 Å². The van der Waals surface area contributed by atoms with Crippen molar-refractivity contribution in [1.29, 1.82) is 0 Å². The van der Waals surface area contributed by atoms with Gasteiger partial charge in [0.05, 0.1) is 6.26 Å². The molecule has 0 radical (unpaired) electrons. The van der Waals surface area contributed by atoms with Crippen LogP contribution in [0.1, 0.15) is 58.1 Å². The van der Waals surface area contributed by atoms with E-state index in [4.69, 9.17) is 4.42 Å². The number of hydrogen-bond donors (Lipinski definition) is 1. The summed E-state index contributed by atoms with van der Waals surface area (Å²) in [4.78, 5) is 0. The molecule has 0 aromatic carbocycles. The summed E-state index contributed by atoms with van der Waals surface area (Å²) in [5.74, 6) is 1.11. The summed E-state index contributed by atoms with van der Waals surface area (Å²) < 4.78 is 5.38. The number of furan rings is 1. The highest BCUT2D eigenvalue weighted by molar-refractivity contribution is 4.98. The minimum atomic E-state index is 0.583.